The molecule has 0 aromatic carbocycles. The first kappa shape index (κ1) is 8.50. The summed E-state index contributed by atoms with van der Waals surface area (Å²) < 4.78 is 0.610. The molecule has 13 heavy (non-hydrogen) atoms. The fourth-order valence-corrected chi connectivity index (χ4v) is 4.64. The van der Waals surface area contributed by atoms with Gasteiger partial charge in [-0.3, -0.25) is 4.79 Å². The van der Waals surface area contributed by atoms with Crippen molar-refractivity contribution in [3.8, 4) is 0 Å². The second kappa shape index (κ2) is 2.84. The van der Waals surface area contributed by atoms with Gasteiger partial charge in [0.15, 0.2) is 0 Å². The zero-order valence-corrected chi connectivity index (χ0v) is 9.66. The molecular formula is C10H14INO. The fraction of sp³-hybridized carbons (Fsp3) is 0.900. The maximum Gasteiger partial charge on any atom is 0.224 e. The molecule has 0 aromatic rings. The highest BCUT2D eigenvalue weighted by molar-refractivity contribution is 14.1. The normalized spacial score (nSPS) is 53.3. The second-order valence-corrected chi connectivity index (χ2v) is 6.26. The number of halogens is 1. The SMILES string of the molecule is O=C1NC2CC3CC(C2)[C@@H](I)C1C3. The van der Waals surface area contributed by atoms with Gasteiger partial charge in [0.2, 0.25) is 5.91 Å². The summed E-state index contributed by atoms with van der Waals surface area (Å²) >= 11 is 2.51. The van der Waals surface area contributed by atoms with E-state index in [1.54, 1.807) is 0 Å². The molecule has 2 nitrogen and oxygen atoms in total. The zero-order chi connectivity index (χ0) is 9.00. The molecule has 0 aromatic heterocycles. The Morgan fingerprint density at radius 1 is 1.23 bits per heavy atom. The predicted molar refractivity (Wildman–Crippen MR) is 58.7 cm³/mol. The number of nitrogens with one attached hydrogen (secondary N) is 1. The predicted octanol–water partition coefficient (Wildman–Crippen LogP) is 1.72. The van der Waals surface area contributed by atoms with E-state index in [4.69, 9.17) is 0 Å². The molecule has 2 aliphatic carbocycles. The summed E-state index contributed by atoms with van der Waals surface area (Å²) in [6.45, 7) is 0. The van der Waals surface area contributed by atoms with Gasteiger partial charge in [-0.05, 0) is 37.5 Å². The lowest BCUT2D eigenvalue weighted by atomic mass is 9.68. The Morgan fingerprint density at radius 3 is 2.92 bits per heavy atom. The molecule has 3 heteroatoms. The van der Waals surface area contributed by atoms with E-state index in [2.05, 4.69) is 27.9 Å². The quantitative estimate of drug-likeness (QED) is 0.534. The molecule has 4 unspecified atom stereocenters. The Kier molecular flexibility index (Phi) is 1.86. The minimum absolute atomic E-state index is 0.330. The third-order valence-electron chi connectivity index (χ3n) is 3.95. The van der Waals surface area contributed by atoms with E-state index in [9.17, 15) is 4.79 Å². The van der Waals surface area contributed by atoms with E-state index >= 15 is 0 Å². The van der Waals surface area contributed by atoms with Crippen molar-refractivity contribution in [3.63, 3.8) is 0 Å². The van der Waals surface area contributed by atoms with Crippen molar-refractivity contribution < 1.29 is 4.79 Å². The van der Waals surface area contributed by atoms with Crippen molar-refractivity contribution in [2.24, 2.45) is 17.8 Å². The second-order valence-electron chi connectivity index (χ2n) is 4.83. The first-order valence-electron chi connectivity index (χ1n) is 5.18. The van der Waals surface area contributed by atoms with Crippen LogP contribution in [0, 0.1) is 17.8 Å². The Morgan fingerprint density at radius 2 is 2.08 bits per heavy atom. The molecule has 4 bridgehead atoms. The Labute approximate surface area is 92.0 Å². The van der Waals surface area contributed by atoms with Gasteiger partial charge in [0.25, 0.3) is 0 Å². The van der Waals surface area contributed by atoms with Crippen LogP contribution in [0.2, 0.25) is 0 Å². The van der Waals surface area contributed by atoms with Crippen LogP contribution in [0.15, 0.2) is 0 Å². The number of fused-ring (bicyclic) bond motifs is 1. The molecule has 2 heterocycles. The van der Waals surface area contributed by atoms with Gasteiger partial charge in [-0.1, -0.05) is 22.6 Å². The number of hydrogen-bond donors (Lipinski definition) is 1. The Balaban J connectivity index is 1.99. The average molecular weight is 291 g/mol. The van der Waals surface area contributed by atoms with Crippen molar-refractivity contribution in [2.75, 3.05) is 0 Å². The van der Waals surface area contributed by atoms with E-state index < -0.39 is 0 Å². The molecule has 2 aliphatic heterocycles. The molecule has 4 rings (SSSR count). The van der Waals surface area contributed by atoms with Gasteiger partial charge in [0.1, 0.15) is 0 Å². The van der Waals surface area contributed by atoms with Crippen LogP contribution in [0.25, 0.3) is 0 Å². The standard InChI is InChI=1S/C10H14INO/c11-9-6-1-5-2-7(4-6)12-10(13)8(9)3-5/h5-9H,1-4H2,(H,12,13)/t5?,6?,7?,8?,9-/m1/s1. The third kappa shape index (κ3) is 1.22. The van der Waals surface area contributed by atoms with Gasteiger partial charge in [0.05, 0.1) is 5.92 Å². The highest BCUT2D eigenvalue weighted by Crippen LogP contribution is 2.48. The molecule has 4 aliphatic rings. The van der Waals surface area contributed by atoms with Gasteiger partial charge in [-0.15, -0.1) is 0 Å². The summed E-state index contributed by atoms with van der Waals surface area (Å²) in [5, 5.41) is 3.19. The molecule has 5 atom stereocenters. The Bertz CT molecular complexity index is 255. The number of carbonyl (C=O) groups is 1. The maximum atomic E-state index is 11.8. The van der Waals surface area contributed by atoms with Crippen LogP contribution < -0.4 is 5.32 Å². The van der Waals surface area contributed by atoms with E-state index in [1.807, 2.05) is 0 Å². The number of alkyl halides is 1. The van der Waals surface area contributed by atoms with Crippen molar-refractivity contribution in [3.05, 3.63) is 0 Å². The van der Waals surface area contributed by atoms with Crippen LogP contribution in [0.3, 0.4) is 0 Å². The smallest absolute Gasteiger partial charge is 0.224 e. The van der Waals surface area contributed by atoms with E-state index in [0.29, 0.717) is 21.8 Å². The molecule has 2 saturated heterocycles. The molecule has 0 radical (unpaired) electrons. The summed E-state index contributed by atoms with van der Waals surface area (Å²) in [6, 6.07) is 0.515. The number of rotatable bonds is 0. The van der Waals surface area contributed by atoms with Crippen molar-refractivity contribution >= 4 is 28.5 Å². The first-order valence-corrected chi connectivity index (χ1v) is 6.43. The van der Waals surface area contributed by atoms with Crippen LogP contribution in [-0.4, -0.2) is 15.9 Å². The molecular weight excluding hydrogens is 277 g/mol. The molecule has 2 saturated carbocycles. The molecule has 72 valence electrons. The highest BCUT2D eigenvalue weighted by Gasteiger charge is 2.47. The first-order chi connectivity index (χ1) is 6.24. The zero-order valence-electron chi connectivity index (χ0n) is 7.50. The van der Waals surface area contributed by atoms with Crippen molar-refractivity contribution in [2.45, 2.75) is 35.6 Å². The number of carbonyl (C=O) groups excluding carboxylic acids is 1. The van der Waals surface area contributed by atoms with Crippen LogP contribution in [0.1, 0.15) is 25.7 Å². The van der Waals surface area contributed by atoms with Crippen LogP contribution in [0.5, 0.6) is 0 Å². The van der Waals surface area contributed by atoms with Crippen LogP contribution >= 0.6 is 22.6 Å². The van der Waals surface area contributed by atoms with Crippen molar-refractivity contribution in [1.29, 1.82) is 0 Å². The van der Waals surface area contributed by atoms with E-state index in [-0.39, 0.29) is 0 Å². The summed E-state index contributed by atoms with van der Waals surface area (Å²) in [7, 11) is 0. The van der Waals surface area contributed by atoms with Gasteiger partial charge in [-0.2, -0.15) is 0 Å². The molecule has 1 amide bonds. The summed E-state index contributed by atoms with van der Waals surface area (Å²) in [5.74, 6) is 2.34. The van der Waals surface area contributed by atoms with Crippen molar-refractivity contribution in [1.82, 2.24) is 5.32 Å². The lowest BCUT2D eigenvalue weighted by Gasteiger charge is -2.40. The van der Waals surface area contributed by atoms with Crippen LogP contribution in [-0.2, 0) is 4.79 Å². The molecule has 1 N–H and O–H groups in total. The topological polar surface area (TPSA) is 29.1 Å². The lowest BCUT2D eigenvalue weighted by Crippen LogP contribution is -2.38. The highest BCUT2D eigenvalue weighted by atomic mass is 127. The lowest BCUT2D eigenvalue weighted by molar-refractivity contribution is -0.125. The third-order valence-corrected chi connectivity index (χ3v) is 5.83. The van der Waals surface area contributed by atoms with Gasteiger partial charge in [-0.25, -0.2) is 0 Å². The fourth-order valence-electron chi connectivity index (χ4n) is 3.43. The summed E-state index contributed by atoms with van der Waals surface area (Å²) in [5.41, 5.74) is 0. The Hall–Kier alpha value is 0.200. The molecule has 4 fully saturated rings. The largest absolute Gasteiger partial charge is 0.353 e. The van der Waals surface area contributed by atoms with Gasteiger partial charge >= 0.3 is 0 Å². The summed E-state index contributed by atoms with van der Waals surface area (Å²) in [6.07, 6.45) is 5.04. The van der Waals surface area contributed by atoms with E-state index in [1.165, 1.54) is 19.3 Å². The van der Waals surface area contributed by atoms with Gasteiger partial charge < -0.3 is 5.32 Å². The average Bonchev–Trinajstić information content (AvgIpc) is 2.24. The minimum Gasteiger partial charge on any atom is -0.353 e. The number of hydrogen-bond acceptors (Lipinski definition) is 1. The monoisotopic (exact) mass is 291 g/mol. The van der Waals surface area contributed by atoms with Gasteiger partial charge in [0, 0.05) is 9.97 Å². The van der Waals surface area contributed by atoms with E-state index in [0.717, 1.165) is 18.3 Å². The minimum atomic E-state index is 0.330. The molecule has 0 spiro atoms. The maximum absolute atomic E-state index is 11.8. The summed E-state index contributed by atoms with van der Waals surface area (Å²) in [4.78, 5) is 11.8. The van der Waals surface area contributed by atoms with Crippen LogP contribution in [0.4, 0.5) is 0 Å². The number of amides is 1.